The molecule has 1 aliphatic carbocycles. The molecular formula is C23H29NO2S. The van der Waals surface area contributed by atoms with Gasteiger partial charge < -0.3 is 4.74 Å². The van der Waals surface area contributed by atoms with Crippen molar-refractivity contribution in [3.8, 4) is 0 Å². The van der Waals surface area contributed by atoms with Crippen molar-refractivity contribution in [2.45, 2.75) is 65.2 Å². The van der Waals surface area contributed by atoms with Gasteiger partial charge >= 0.3 is 5.97 Å². The lowest BCUT2D eigenvalue weighted by Crippen LogP contribution is -2.31. The van der Waals surface area contributed by atoms with E-state index < -0.39 is 0 Å². The highest BCUT2D eigenvalue weighted by Gasteiger charge is 2.38. The fraction of sp³-hybridized carbons (Fsp3) is 0.478. The summed E-state index contributed by atoms with van der Waals surface area (Å²) in [6, 6.07) is 6.02. The highest BCUT2D eigenvalue weighted by Crippen LogP contribution is 2.50. The quantitative estimate of drug-likeness (QED) is 0.588. The third-order valence-corrected chi connectivity index (χ3v) is 7.14. The minimum absolute atomic E-state index is 0.236. The molecule has 0 saturated carbocycles. The molecule has 4 heteroatoms. The first kappa shape index (κ1) is 19.8. The summed E-state index contributed by atoms with van der Waals surface area (Å²) in [6.07, 6.45) is 6.13. The maximum Gasteiger partial charge on any atom is 0.339 e. The molecule has 2 aromatic heterocycles. The Bertz CT molecular complexity index is 839. The molecule has 2 aromatic rings. The summed E-state index contributed by atoms with van der Waals surface area (Å²) in [5.41, 5.74) is 4.52. The number of allylic oxidation sites excluding steroid dienone is 1. The first-order valence-electron chi connectivity index (χ1n) is 9.61. The van der Waals surface area contributed by atoms with Crippen LogP contribution in [0.1, 0.15) is 85.8 Å². The zero-order valence-electron chi connectivity index (χ0n) is 17.2. The van der Waals surface area contributed by atoms with Crippen LogP contribution in [0.2, 0.25) is 0 Å². The molecule has 0 fully saturated rings. The summed E-state index contributed by atoms with van der Waals surface area (Å²) in [5, 5.41) is 0. The lowest BCUT2D eigenvalue weighted by molar-refractivity contribution is 0.0526. The Morgan fingerprint density at radius 1 is 1.22 bits per heavy atom. The maximum atomic E-state index is 11.8. The summed E-state index contributed by atoms with van der Waals surface area (Å²) in [7, 11) is 0. The van der Waals surface area contributed by atoms with Gasteiger partial charge in [0.05, 0.1) is 17.9 Å². The number of carbonyl (C=O) groups excluding carboxylic acids is 1. The third-order valence-electron chi connectivity index (χ3n) is 5.50. The monoisotopic (exact) mass is 383 g/mol. The highest BCUT2D eigenvalue weighted by molar-refractivity contribution is 7.13. The second-order valence-electron chi connectivity index (χ2n) is 8.64. The van der Waals surface area contributed by atoms with Crippen molar-refractivity contribution in [3.63, 3.8) is 0 Å². The van der Waals surface area contributed by atoms with Crippen LogP contribution >= 0.6 is 11.3 Å². The number of ether oxygens (including phenoxy) is 1. The van der Waals surface area contributed by atoms with E-state index in [2.05, 4.69) is 51.7 Å². The molecule has 0 atom stereocenters. The molecule has 0 N–H and O–H groups in total. The highest BCUT2D eigenvalue weighted by atomic mass is 32.1. The van der Waals surface area contributed by atoms with Crippen molar-refractivity contribution in [2.24, 2.45) is 0 Å². The summed E-state index contributed by atoms with van der Waals surface area (Å²) in [6.45, 7) is 13.7. The minimum Gasteiger partial charge on any atom is -0.462 e. The number of esters is 1. The van der Waals surface area contributed by atoms with Crippen LogP contribution in [-0.2, 0) is 15.6 Å². The number of hydrogen-bond donors (Lipinski definition) is 0. The number of fused-ring (bicyclic) bond motifs is 1. The standard InChI is InChI=1S/C23H29NO2S/c1-7-26-21(25)16-8-9-17(24-14-16)12-15(2)19-13-18-20(27-19)23(5,6)11-10-22(18,3)4/h8-9,12-14H,7,10-11H2,1-6H3. The Labute approximate surface area is 166 Å². The van der Waals surface area contributed by atoms with Crippen molar-refractivity contribution in [1.29, 1.82) is 0 Å². The van der Waals surface area contributed by atoms with Gasteiger partial charge in [0, 0.05) is 16.0 Å². The molecule has 1 aliphatic rings. The van der Waals surface area contributed by atoms with E-state index in [1.54, 1.807) is 19.2 Å². The van der Waals surface area contributed by atoms with Crippen molar-refractivity contribution in [1.82, 2.24) is 4.98 Å². The van der Waals surface area contributed by atoms with E-state index in [0.29, 0.717) is 12.2 Å². The van der Waals surface area contributed by atoms with Crippen molar-refractivity contribution < 1.29 is 9.53 Å². The normalized spacial score (nSPS) is 18.1. The number of thiophene rings is 1. The van der Waals surface area contributed by atoms with E-state index in [1.807, 2.05) is 17.4 Å². The molecule has 2 heterocycles. The largest absolute Gasteiger partial charge is 0.462 e. The molecule has 0 radical (unpaired) electrons. The average Bonchev–Trinajstić information content (AvgIpc) is 3.08. The number of aromatic nitrogens is 1. The average molecular weight is 384 g/mol. The molecule has 27 heavy (non-hydrogen) atoms. The Balaban J connectivity index is 1.89. The lowest BCUT2D eigenvalue weighted by Gasteiger charge is -2.39. The van der Waals surface area contributed by atoms with Gasteiger partial charge in [0.2, 0.25) is 0 Å². The summed E-state index contributed by atoms with van der Waals surface area (Å²) in [4.78, 5) is 19.0. The fourth-order valence-electron chi connectivity index (χ4n) is 3.58. The summed E-state index contributed by atoms with van der Waals surface area (Å²) in [5.74, 6) is -0.326. The molecule has 0 spiro atoms. The number of pyridine rings is 1. The van der Waals surface area contributed by atoms with Gasteiger partial charge in [-0.3, -0.25) is 4.98 Å². The topological polar surface area (TPSA) is 39.2 Å². The van der Waals surface area contributed by atoms with Crippen LogP contribution in [0.15, 0.2) is 24.4 Å². The molecular weight excluding hydrogens is 354 g/mol. The van der Waals surface area contributed by atoms with E-state index in [-0.39, 0.29) is 16.8 Å². The van der Waals surface area contributed by atoms with E-state index >= 15 is 0 Å². The minimum atomic E-state index is -0.326. The van der Waals surface area contributed by atoms with Crippen LogP contribution in [0, 0.1) is 0 Å². The Morgan fingerprint density at radius 2 is 1.93 bits per heavy atom. The van der Waals surface area contributed by atoms with Crippen LogP contribution < -0.4 is 0 Å². The third kappa shape index (κ3) is 4.01. The Hall–Kier alpha value is -1.94. The SMILES string of the molecule is CCOC(=O)c1ccc(C=C(C)c2cc3c(s2)C(C)(C)CCC3(C)C)nc1. The smallest absolute Gasteiger partial charge is 0.339 e. The van der Waals surface area contributed by atoms with Crippen LogP contribution in [0.5, 0.6) is 0 Å². The van der Waals surface area contributed by atoms with Gasteiger partial charge in [0.25, 0.3) is 0 Å². The van der Waals surface area contributed by atoms with Gasteiger partial charge in [-0.2, -0.15) is 0 Å². The Morgan fingerprint density at radius 3 is 2.52 bits per heavy atom. The number of carbonyl (C=O) groups is 1. The predicted octanol–water partition coefficient (Wildman–Crippen LogP) is 6.23. The van der Waals surface area contributed by atoms with E-state index in [4.69, 9.17) is 4.74 Å². The number of rotatable bonds is 4. The van der Waals surface area contributed by atoms with Crippen LogP contribution in [0.4, 0.5) is 0 Å². The van der Waals surface area contributed by atoms with Gasteiger partial charge in [0.15, 0.2) is 0 Å². The van der Waals surface area contributed by atoms with E-state index in [1.165, 1.54) is 33.7 Å². The maximum absolute atomic E-state index is 11.8. The lowest BCUT2D eigenvalue weighted by atomic mass is 9.67. The number of hydrogen-bond acceptors (Lipinski definition) is 4. The van der Waals surface area contributed by atoms with Crippen molar-refractivity contribution in [2.75, 3.05) is 6.61 Å². The van der Waals surface area contributed by atoms with Crippen molar-refractivity contribution in [3.05, 3.63) is 51.0 Å². The fourth-order valence-corrected chi connectivity index (χ4v) is 5.02. The number of nitrogens with zero attached hydrogens (tertiary/aromatic N) is 1. The molecule has 0 aliphatic heterocycles. The van der Waals surface area contributed by atoms with E-state index in [0.717, 1.165) is 5.69 Å². The predicted molar refractivity (Wildman–Crippen MR) is 113 cm³/mol. The zero-order valence-corrected chi connectivity index (χ0v) is 18.0. The molecule has 0 saturated heterocycles. The molecule has 0 aromatic carbocycles. The first-order valence-corrected chi connectivity index (χ1v) is 10.4. The van der Waals surface area contributed by atoms with E-state index in [9.17, 15) is 4.79 Å². The van der Waals surface area contributed by atoms with Crippen LogP contribution in [-0.4, -0.2) is 17.6 Å². The first-order chi connectivity index (χ1) is 12.6. The molecule has 0 bridgehead atoms. The molecule has 3 nitrogen and oxygen atoms in total. The van der Waals surface area contributed by atoms with Crippen LogP contribution in [0.25, 0.3) is 11.6 Å². The van der Waals surface area contributed by atoms with Gasteiger partial charge in [-0.25, -0.2) is 4.79 Å². The van der Waals surface area contributed by atoms with Gasteiger partial charge in [-0.15, -0.1) is 11.3 Å². The summed E-state index contributed by atoms with van der Waals surface area (Å²) < 4.78 is 5.01. The molecule has 0 amide bonds. The van der Waals surface area contributed by atoms with Gasteiger partial charge in [-0.1, -0.05) is 27.7 Å². The van der Waals surface area contributed by atoms with Crippen molar-refractivity contribution >= 4 is 29.0 Å². The second kappa shape index (κ2) is 7.23. The second-order valence-corrected chi connectivity index (χ2v) is 9.69. The Kier molecular flexibility index (Phi) is 5.31. The molecule has 0 unspecified atom stereocenters. The van der Waals surface area contributed by atoms with Crippen LogP contribution in [0.3, 0.4) is 0 Å². The zero-order chi connectivity index (χ0) is 19.8. The summed E-state index contributed by atoms with van der Waals surface area (Å²) >= 11 is 1.92. The molecule has 144 valence electrons. The van der Waals surface area contributed by atoms with Gasteiger partial charge in [0.1, 0.15) is 0 Å². The van der Waals surface area contributed by atoms with Gasteiger partial charge in [-0.05, 0) is 72.9 Å². The molecule has 3 rings (SSSR count).